The van der Waals surface area contributed by atoms with Gasteiger partial charge in [-0.05, 0) is 30.7 Å². The van der Waals surface area contributed by atoms with Crippen molar-refractivity contribution >= 4 is 0 Å². The Labute approximate surface area is 213 Å². The molecule has 5 atom stereocenters. The molecule has 14 heteroatoms. The molecule has 0 saturated carbocycles. The number of ether oxygens (including phenoxy) is 2. The molecule has 5 rings (SSSR count). The van der Waals surface area contributed by atoms with Crippen molar-refractivity contribution in [2.75, 3.05) is 13.7 Å². The summed E-state index contributed by atoms with van der Waals surface area (Å²) < 4.78 is 54.8. The van der Waals surface area contributed by atoms with Crippen LogP contribution in [0.3, 0.4) is 0 Å². The fourth-order valence-corrected chi connectivity index (χ4v) is 4.49. The maximum atomic E-state index is 13.8. The minimum atomic E-state index is -1.62. The molecule has 4 aromatic rings. The van der Waals surface area contributed by atoms with E-state index in [1.165, 1.54) is 24.3 Å². The molecule has 1 aliphatic heterocycles. The molecular formula is C24H23F3N6O5. The highest BCUT2D eigenvalue weighted by Gasteiger charge is 2.48. The molecule has 2 aromatic carbocycles. The number of aromatic nitrogens is 6. The third-order valence-corrected chi connectivity index (χ3v) is 6.35. The molecule has 3 heterocycles. The number of rotatable bonds is 7. The van der Waals surface area contributed by atoms with E-state index in [-0.39, 0.29) is 30.1 Å². The SMILES string of the molecule is COc1cccc(-n2ncnc2[C@@H]2O[C@H](CCO)[C@H](O)[C@H](n3cc(-c4cc(F)c(F)c(F)c4)nn3)[C@H]2O)c1. The number of methoxy groups -OCH3 is 1. The van der Waals surface area contributed by atoms with Gasteiger partial charge in [0.1, 0.15) is 42.1 Å². The Hall–Kier alpha value is -3.85. The maximum absolute atomic E-state index is 13.8. The van der Waals surface area contributed by atoms with E-state index in [1.807, 2.05) is 0 Å². The fourth-order valence-electron chi connectivity index (χ4n) is 4.49. The van der Waals surface area contributed by atoms with Gasteiger partial charge in [-0.25, -0.2) is 27.5 Å². The van der Waals surface area contributed by atoms with Crippen molar-refractivity contribution < 1.29 is 38.0 Å². The molecule has 200 valence electrons. The van der Waals surface area contributed by atoms with Crippen molar-refractivity contribution in [3.63, 3.8) is 0 Å². The van der Waals surface area contributed by atoms with Gasteiger partial charge in [0.05, 0.1) is 25.1 Å². The van der Waals surface area contributed by atoms with E-state index in [0.717, 1.165) is 16.8 Å². The molecule has 1 saturated heterocycles. The second-order valence-electron chi connectivity index (χ2n) is 8.65. The van der Waals surface area contributed by atoms with Crippen molar-refractivity contribution in [1.29, 1.82) is 0 Å². The number of aliphatic hydroxyl groups is 3. The van der Waals surface area contributed by atoms with E-state index >= 15 is 0 Å². The third kappa shape index (κ3) is 4.62. The van der Waals surface area contributed by atoms with Gasteiger partial charge in [0.25, 0.3) is 0 Å². The van der Waals surface area contributed by atoms with E-state index in [0.29, 0.717) is 11.4 Å². The molecule has 3 N–H and O–H groups in total. The smallest absolute Gasteiger partial charge is 0.194 e. The van der Waals surface area contributed by atoms with E-state index in [4.69, 9.17) is 9.47 Å². The van der Waals surface area contributed by atoms with Crippen LogP contribution in [-0.4, -0.2) is 77.1 Å². The maximum Gasteiger partial charge on any atom is 0.194 e. The minimum Gasteiger partial charge on any atom is -0.497 e. The standard InChI is InChI=1S/C24H23F3N6O5/c1-37-14-4-2-3-13(9-14)33-24(28-11-29-33)23-22(36)20(21(35)18(38-23)5-6-34)32-10-17(30-31-32)12-7-15(25)19(27)16(26)8-12/h2-4,7-11,18,20-23,34-36H,5-6H2,1H3/t18-,20+,21+,22-,23-/m1/s1. The van der Waals surface area contributed by atoms with Crippen LogP contribution in [0.25, 0.3) is 16.9 Å². The average Bonchev–Trinajstić information content (AvgIpc) is 3.59. The molecule has 0 bridgehead atoms. The largest absolute Gasteiger partial charge is 0.497 e. The number of hydrogen-bond acceptors (Lipinski definition) is 9. The highest BCUT2D eigenvalue weighted by atomic mass is 19.2. The van der Waals surface area contributed by atoms with E-state index < -0.39 is 47.9 Å². The topological polar surface area (TPSA) is 141 Å². The summed E-state index contributed by atoms with van der Waals surface area (Å²) in [6.07, 6.45) is -2.36. The molecule has 0 amide bonds. The first-order valence-electron chi connectivity index (χ1n) is 11.6. The summed E-state index contributed by atoms with van der Waals surface area (Å²) in [5.41, 5.74) is 0.450. The van der Waals surface area contributed by atoms with Crippen molar-refractivity contribution in [3.8, 4) is 22.7 Å². The van der Waals surface area contributed by atoms with Crippen molar-refractivity contribution in [1.82, 2.24) is 29.8 Å². The normalized spacial score (nSPS) is 23.5. The van der Waals surface area contributed by atoms with Crippen molar-refractivity contribution in [2.24, 2.45) is 0 Å². The summed E-state index contributed by atoms with van der Waals surface area (Å²) >= 11 is 0. The summed E-state index contributed by atoms with van der Waals surface area (Å²) in [6, 6.07) is 7.30. The Morgan fingerprint density at radius 3 is 2.55 bits per heavy atom. The molecule has 1 fully saturated rings. The van der Waals surface area contributed by atoms with Crippen LogP contribution in [0.1, 0.15) is 24.4 Å². The quantitative estimate of drug-likeness (QED) is 0.304. The summed E-state index contributed by atoms with van der Waals surface area (Å²) in [6.45, 7) is -0.323. The predicted molar refractivity (Wildman–Crippen MR) is 124 cm³/mol. The van der Waals surface area contributed by atoms with E-state index in [9.17, 15) is 28.5 Å². The fraction of sp³-hybridized carbons (Fsp3) is 0.333. The van der Waals surface area contributed by atoms with Gasteiger partial charge in [0.15, 0.2) is 23.3 Å². The molecule has 2 aromatic heterocycles. The van der Waals surface area contributed by atoms with Crippen LogP contribution >= 0.6 is 0 Å². The minimum absolute atomic E-state index is 0.0180. The van der Waals surface area contributed by atoms with Crippen LogP contribution in [0, 0.1) is 17.5 Å². The van der Waals surface area contributed by atoms with Crippen LogP contribution in [0.2, 0.25) is 0 Å². The number of halogens is 3. The van der Waals surface area contributed by atoms with Crippen LogP contribution < -0.4 is 4.74 Å². The lowest BCUT2D eigenvalue weighted by Gasteiger charge is -2.42. The van der Waals surface area contributed by atoms with Gasteiger partial charge >= 0.3 is 0 Å². The summed E-state index contributed by atoms with van der Waals surface area (Å²) in [5, 5.41) is 44.0. The molecular weight excluding hydrogens is 509 g/mol. The van der Waals surface area contributed by atoms with Gasteiger partial charge in [-0.2, -0.15) is 5.10 Å². The van der Waals surface area contributed by atoms with Crippen LogP contribution in [0.15, 0.2) is 48.9 Å². The average molecular weight is 532 g/mol. The first-order chi connectivity index (χ1) is 18.3. The molecule has 1 aliphatic rings. The van der Waals surface area contributed by atoms with Gasteiger partial charge in [-0.15, -0.1) is 5.10 Å². The lowest BCUT2D eigenvalue weighted by molar-refractivity contribution is -0.205. The number of aliphatic hydroxyl groups excluding tert-OH is 3. The molecule has 0 radical (unpaired) electrons. The first-order valence-corrected chi connectivity index (χ1v) is 11.6. The number of benzene rings is 2. The van der Waals surface area contributed by atoms with Gasteiger partial charge < -0.3 is 24.8 Å². The lowest BCUT2D eigenvalue weighted by atomic mass is 9.90. The zero-order valence-electron chi connectivity index (χ0n) is 19.9. The molecule has 0 unspecified atom stereocenters. The Balaban J connectivity index is 1.52. The van der Waals surface area contributed by atoms with Crippen LogP contribution in [0.4, 0.5) is 13.2 Å². The van der Waals surface area contributed by atoms with Crippen molar-refractivity contribution in [3.05, 3.63) is 72.2 Å². The molecule has 11 nitrogen and oxygen atoms in total. The monoisotopic (exact) mass is 532 g/mol. The summed E-state index contributed by atoms with van der Waals surface area (Å²) in [7, 11) is 1.52. The number of hydrogen-bond donors (Lipinski definition) is 3. The van der Waals surface area contributed by atoms with Gasteiger partial charge in [-0.1, -0.05) is 11.3 Å². The Morgan fingerprint density at radius 2 is 1.84 bits per heavy atom. The van der Waals surface area contributed by atoms with Gasteiger partial charge in [-0.3, -0.25) is 0 Å². The third-order valence-electron chi connectivity index (χ3n) is 6.35. The van der Waals surface area contributed by atoms with Gasteiger partial charge in [0.2, 0.25) is 0 Å². The highest BCUT2D eigenvalue weighted by molar-refractivity contribution is 5.58. The van der Waals surface area contributed by atoms with Crippen molar-refractivity contribution in [2.45, 2.75) is 36.9 Å². The van der Waals surface area contributed by atoms with E-state index in [2.05, 4.69) is 20.4 Å². The zero-order valence-corrected chi connectivity index (χ0v) is 19.9. The molecule has 0 aliphatic carbocycles. The zero-order chi connectivity index (χ0) is 27.0. The Kier molecular flexibility index (Phi) is 7.12. The predicted octanol–water partition coefficient (Wildman–Crippen LogP) is 1.74. The van der Waals surface area contributed by atoms with Gasteiger partial charge in [0, 0.05) is 18.2 Å². The first kappa shape index (κ1) is 25.8. The summed E-state index contributed by atoms with van der Waals surface area (Å²) in [5.74, 6) is -3.66. The second kappa shape index (κ2) is 10.5. The second-order valence-corrected chi connectivity index (χ2v) is 8.65. The van der Waals surface area contributed by atoms with Crippen LogP contribution in [-0.2, 0) is 4.74 Å². The highest BCUT2D eigenvalue weighted by Crippen LogP contribution is 2.39. The Morgan fingerprint density at radius 1 is 1.08 bits per heavy atom. The summed E-state index contributed by atoms with van der Waals surface area (Å²) in [4.78, 5) is 4.27. The molecule has 38 heavy (non-hydrogen) atoms. The van der Waals surface area contributed by atoms with Crippen LogP contribution in [0.5, 0.6) is 5.75 Å². The Bertz CT molecular complexity index is 1410. The molecule has 0 spiro atoms. The van der Waals surface area contributed by atoms with E-state index in [1.54, 1.807) is 24.3 Å². The number of nitrogens with zero attached hydrogens (tertiary/aromatic N) is 6. The lowest BCUT2D eigenvalue weighted by Crippen LogP contribution is -2.52.